The van der Waals surface area contributed by atoms with Gasteiger partial charge in [-0.2, -0.15) is 0 Å². The number of halogens is 1. The fourth-order valence-corrected chi connectivity index (χ4v) is 3.92. The van der Waals surface area contributed by atoms with Crippen molar-refractivity contribution in [3.63, 3.8) is 0 Å². The molecular weight excluding hydrogens is 381 g/mol. The summed E-state index contributed by atoms with van der Waals surface area (Å²) in [5.74, 6) is -0.731. The first-order valence-electron chi connectivity index (χ1n) is 9.17. The molecule has 1 fully saturated rings. The van der Waals surface area contributed by atoms with Gasteiger partial charge in [0.25, 0.3) is 5.91 Å². The first-order valence-corrected chi connectivity index (χ1v) is 10.1. The molecule has 1 aromatic carbocycles. The summed E-state index contributed by atoms with van der Waals surface area (Å²) >= 11 is 1.35. The average Bonchev–Trinajstić information content (AvgIpc) is 3.23. The molecular formula is C20H24FN3O3S. The van der Waals surface area contributed by atoms with E-state index in [9.17, 15) is 14.0 Å². The highest BCUT2D eigenvalue weighted by molar-refractivity contribution is 7.12. The lowest BCUT2D eigenvalue weighted by Crippen LogP contribution is -2.45. The number of hydrogen-bond acceptors (Lipinski definition) is 5. The van der Waals surface area contributed by atoms with Gasteiger partial charge in [0, 0.05) is 26.7 Å². The fraction of sp³-hybridized carbons (Fsp3) is 0.400. The number of ether oxygens (including phenoxy) is 1. The minimum Gasteiger partial charge on any atom is -0.379 e. The van der Waals surface area contributed by atoms with E-state index in [0.717, 1.165) is 5.56 Å². The highest BCUT2D eigenvalue weighted by Gasteiger charge is 2.24. The van der Waals surface area contributed by atoms with Crippen LogP contribution in [0, 0.1) is 5.82 Å². The van der Waals surface area contributed by atoms with Crippen molar-refractivity contribution in [1.82, 2.24) is 15.1 Å². The van der Waals surface area contributed by atoms with E-state index >= 15 is 0 Å². The third-order valence-corrected chi connectivity index (χ3v) is 5.53. The Hall–Kier alpha value is -2.29. The molecule has 1 aliphatic heterocycles. The maximum absolute atomic E-state index is 13.7. The second kappa shape index (κ2) is 9.77. The Morgan fingerprint density at radius 3 is 2.75 bits per heavy atom. The molecule has 2 aromatic rings. The monoisotopic (exact) mass is 405 g/mol. The lowest BCUT2D eigenvalue weighted by Gasteiger charge is -2.35. The average molecular weight is 405 g/mol. The standard InChI is InChI=1S/C20H24FN3O3S/c1-23(20(26)18-6-3-11-28-18)14-19(25)22-13-17(24-7-9-27-10-8-24)15-4-2-5-16(21)12-15/h2-6,11-12,17H,7-10,13-14H2,1H3,(H,22,25). The number of nitrogens with zero attached hydrogens (tertiary/aromatic N) is 2. The van der Waals surface area contributed by atoms with E-state index in [1.807, 2.05) is 11.4 Å². The highest BCUT2D eigenvalue weighted by atomic mass is 32.1. The number of benzene rings is 1. The minimum atomic E-state index is -0.302. The molecule has 28 heavy (non-hydrogen) atoms. The zero-order valence-corrected chi connectivity index (χ0v) is 16.6. The van der Waals surface area contributed by atoms with Crippen LogP contribution in [0.1, 0.15) is 21.3 Å². The van der Waals surface area contributed by atoms with Crippen LogP contribution in [0.5, 0.6) is 0 Å². The Morgan fingerprint density at radius 2 is 2.07 bits per heavy atom. The molecule has 1 unspecified atom stereocenters. The van der Waals surface area contributed by atoms with Crippen molar-refractivity contribution in [2.45, 2.75) is 6.04 Å². The van der Waals surface area contributed by atoms with Gasteiger partial charge in [-0.25, -0.2) is 4.39 Å². The van der Waals surface area contributed by atoms with Gasteiger partial charge in [-0.05, 0) is 29.1 Å². The molecule has 8 heteroatoms. The van der Waals surface area contributed by atoms with E-state index in [4.69, 9.17) is 4.74 Å². The SMILES string of the molecule is CN(CC(=O)NCC(c1cccc(F)c1)N1CCOCC1)C(=O)c1cccs1. The van der Waals surface area contributed by atoms with Gasteiger partial charge in [0.15, 0.2) is 0 Å². The normalized spacial score (nSPS) is 15.8. The molecule has 0 spiro atoms. The summed E-state index contributed by atoms with van der Waals surface area (Å²) in [5, 5.41) is 4.72. The lowest BCUT2D eigenvalue weighted by molar-refractivity contribution is -0.121. The largest absolute Gasteiger partial charge is 0.379 e. The molecule has 0 saturated carbocycles. The summed E-state index contributed by atoms with van der Waals surface area (Å²) in [6.45, 7) is 2.95. The predicted octanol–water partition coefficient (Wildman–Crippen LogP) is 2.15. The number of carbonyl (C=O) groups excluding carboxylic acids is 2. The molecule has 0 bridgehead atoms. The van der Waals surface area contributed by atoms with E-state index in [0.29, 0.717) is 37.7 Å². The summed E-state index contributed by atoms with van der Waals surface area (Å²) in [6.07, 6.45) is 0. The Labute approximate surface area is 167 Å². The van der Waals surface area contributed by atoms with Gasteiger partial charge in [0.05, 0.1) is 30.7 Å². The summed E-state index contributed by atoms with van der Waals surface area (Å²) in [7, 11) is 1.60. The molecule has 1 atom stereocenters. The number of carbonyl (C=O) groups is 2. The van der Waals surface area contributed by atoms with E-state index in [2.05, 4.69) is 10.2 Å². The molecule has 0 aliphatic carbocycles. The van der Waals surface area contributed by atoms with Gasteiger partial charge in [-0.1, -0.05) is 18.2 Å². The number of likely N-dealkylation sites (N-methyl/N-ethyl adjacent to an activating group) is 1. The third kappa shape index (κ3) is 5.37. The van der Waals surface area contributed by atoms with Crippen LogP contribution in [0.15, 0.2) is 41.8 Å². The van der Waals surface area contributed by atoms with E-state index in [1.165, 1.54) is 28.4 Å². The Kier molecular flexibility index (Phi) is 7.13. The smallest absolute Gasteiger partial charge is 0.264 e. The van der Waals surface area contributed by atoms with Crippen LogP contribution in [0.2, 0.25) is 0 Å². The minimum absolute atomic E-state index is 0.0320. The van der Waals surface area contributed by atoms with Gasteiger partial charge >= 0.3 is 0 Å². The molecule has 1 saturated heterocycles. The number of rotatable bonds is 7. The van der Waals surface area contributed by atoms with Gasteiger partial charge in [-0.3, -0.25) is 14.5 Å². The maximum Gasteiger partial charge on any atom is 0.264 e. The van der Waals surface area contributed by atoms with Crippen LogP contribution in [0.25, 0.3) is 0 Å². The van der Waals surface area contributed by atoms with Gasteiger partial charge < -0.3 is 15.0 Å². The van der Waals surface area contributed by atoms with Crippen LogP contribution in [-0.4, -0.2) is 68.1 Å². The van der Waals surface area contributed by atoms with Crippen LogP contribution in [0.3, 0.4) is 0 Å². The van der Waals surface area contributed by atoms with Gasteiger partial charge in [0.1, 0.15) is 5.82 Å². The van der Waals surface area contributed by atoms with Crippen molar-refractivity contribution >= 4 is 23.2 Å². The van der Waals surface area contributed by atoms with Crippen LogP contribution in [0.4, 0.5) is 4.39 Å². The molecule has 150 valence electrons. The quantitative estimate of drug-likeness (QED) is 0.767. The predicted molar refractivity (Wildman–Crippen MR) is 106 cm³/mol. The van der Waals surface area contributed by atoms with Crippen LogP contribution < -0.4 is 5.32 Å². The molecule has 1 aliphatic rings. The molecule has 1 N–H and O–H groups in total. The number of nitrogens with one attached hydrogen (secondary N) is 1. The van der Waals surface area contributed by atoms with E-state index < -0.39 is 0 Å². The number of amides is 2. The Balaban J connectivity index is 1.61. The van der Waals surface area contributed by atoms with E-state index in [1.54, 1.807) is 25.2 Å². The second-order valence-corrected chi connectivity index (χ2v) is 7.61. The summed E-state index contributed by atoms with van der Waals surface area (Å²) < 4.78 is 19.1. The highest BCUT2D eigenvalue weighted by Crippen LogP contribution is 2.22. The van der Waals surface area contributed by atoms with E-state index in [-0.39, 0.29) is 30.2 Å². The topological polar surface area (TPSA) is 61.9 Å². The van der Waals surface area contributed by atoms with Crippen molar-refractivity contribution in [3.8, 4) is 0 Å². The zero-order chi connectivity index (χ0) is 19.9. The second-order valence-electron chi connectivity index (χ2n) is 6.66. The van der Waals surface area contributed by atoms with Crippen molar-refractivity contribution < 1.29 is 18.7 Å². The number of hydrogen-bond donors (Lipinski definition) is 1. The van der Waals surface area contributed by atoms with Crippen LogP contribution >= 0.6 is 11.3 Å². The Bertz CT molecular complexity index is 794. The van der Waals surface area contributed by atoms with Gasteiger partial charge in [0.2, 0.25) is 5.91 Å². The van der Waals surface area contributed by atoms with Crippen molar-refractivity contribution in [1.29, 1.82) is 0 Å². The van der Waals surface area contributed by atoms with Crippen LogP contribution in [-0.2, 0) is 9.53 Å². The number of morpholine rings is 1. The molecule has 2 heterocycles. The molecule has 0 radical (unpaired) electrons. The van der Waals surface area contributed by atoms with Crippen molar-refractivity contribution in [2.75, 3.05) is 46.4 Å². The first-order chi connectivity index (χ1) is 13.5. The molecule has 6 nitrogen and oxygen atoms in total. The zero-order valence-electron chi connectivity index (χ0n) is 15.8. The fourth-order valence-electron chi connectivity index (χ4n) is 3.20. The first kappa shape index (κ1) is 20.4. The summed E-state index contributed by atoms with van der Waals surface area (Å²) in [6, 6.07) is 9.83. The maximum atomic E-state index is 13.7. The number of thiophene rings is 1. The molecule has 1 aromatic heterocycles. The molecule has 2 amide bonds. The van der Waals surface area contributed by atoms with Crippen molar-refractivity contribution in [2.24, 2.45) is 0 Å². The summed E-state index contributed by atoms with van der Waals surface area (Å²) in [5.41, 5.74) is 0.810. The lowest BCUT2D eigenvalue weighted by atomic mass is 10.0. The molecule has 3 rings (SSSR count). The summed E-state index contributed by atoms with van der Waals surface area (Å²) in [4.78, 5) is 28.8. The Morgan fingerprint density at radius 1 is 1.29 bits per heavy atom. The third-order valence-electron chi connectivity index (χ3n) is 4.67. The van der Waals surface area contributed by atoms with Gasteiger partial charge in [-0.15, -0.1) is 11.3 Å². The van der Waals surface area contributed by atoms with Crippen molar-refractivity contribution in [3.05, 3.63) is 58.0 Å².